The normalized spacial score (nSPS) is 22.2. The number of hydrogen-bond donors (Lipinski definition) is 1. The molecule has 0 aliphatic carbocycles. The van der Waals surface area contributed by atoms with Crippen LogP contribution in [0.1, 0.15) is 36.2 Å². The molecule has 0 radical (unpaired) electrons. The number of nitrogens with zero attached hydrogens (tertiary/aromatic N) is 4. The molecular weight excluding hydrogens is 354 g/mol. The van der Waals surface area contributed by atoms with Crippen LogP contribution in [0.5, 0.6) is 0 Å². The smallest absolute Gasteiger partial charge is 0.274 e. The third-order valence-corrected chi connectivity index (χ3v) is 5.70. The Morgan fingerprint density at radius 3 is 2.62 bits per heavy atom. The number of carbonyl (C=O) groups is 2. The zero-order valence-corrected chi connectivity index (χ0v) is 15.2. The summed E-state index contributed by atoms with van der Waals surface area (Å²) in [5, 5.41) is 0.601. The van der Waals surface area contributed by atoms with E-state index in [4.69, 9.17) is 17.3 Å². The molecule has 4 rings (SSSR count). The van der Waals surface area contributed by atoms with Crippen LogP contribution in [0.3, 0.4) is 0 Å². The number of halogens is 1. The number of amides is 2. The number of fused-ring (bicyclic) bond motifs is 1. The van der Waals surface area contributed by atoms with Crippen LogP contribution in [-0.4, -0.2) is 62.7 Å². The average molecular weight is 376 g/mol. The van der Waals surface area contributed by atoms with Gasteiger partial charge >= 0.3 is 0 Å². The van der Waals surface area contributed by atoms with Crippen molar-refractivity contribution in [2.24, 2.45) is 5.73 Å². The van der Waals surface area contributed by atoms with Gasteiger partial charge < -0.3 is 15.0 Å². The van der Waals surface area contributed by atoms with E-state index in [9.17, 15) is 9.59 Å². The second-order valence-electron chi connectivity index (χ2n) is 7.06. The Kier molecular flexibility index (Phi) is 4.58. The van der Waals surface area contributed by atoms with E-state index in [1.54, 1.807) is 28.9 Å². The Hall–Kier alpha value is -2.12. The Balaban J connectivity index is 1.42. The number of hydrogen-bond acceptors (Lipinski definition) is 4. The molecule has 2 aliphatic heterocycles. The lowest BCUT2D eigenvalue weighted by atomic mass is 10.0. The number of primary amides is 1. The van der Waals surface area contributed by atoms with E-state index in [-0.39, 0.29) is 17.9 Å². The minimum Gasteiger partial charge on any atom is -0.368 e. The Morgan fingerprint density at radius 1 is 1.12 bits per heavy atom. The molecule has 0 aromatic carbocycles. The molecule has 7 nitrogen and oxygen atoms in total. The van der Waals surface area contributed by atoms with Gasteiger partial charge in [-0.1, -0.05) is 11.6 Å². The van der Waals surface area contributed by atoms with Gasteiger partial charge in [0.1, 0.15) is 11.3 Å². The highest BCUT2D eigenvalue weighted by molar-refractivity contribution is 6.30. The van der Waals surface area contributed by atoms with Crippen LogP contribution in [0.2, 0.25) is 5.02 Å². The van der Waals surface area contributed by atoms with Crippen LogP contribution in [-0.2, 0) is 4.79 Å². The number of pyridine rings is 1. The van der Waals surface area contributed by atoms with Crippen molar-refractivity contribution in [2.75, 3.05) is 19.6 Å². The molecule has 138 valence electrons. The van der Waals surface area contributed by atoms with Gasteiger partial charge in [-0.2, -0.15) is 0 Å². The molecule has 2 fully saturated rings. The minimum absolute atomic E-state index is 0.0591. The van der Waals surface area contributed by atoms with Gasteiger partial charge in [0, 0.05) is 31.5 Å². The first-order valence-electron chi connectivity index (χ1n) is 9.01. The van der Waals surface area contributed by atoms with E-state index < -0.39 is 0 Å². The summed E-state index contributed by atoms with van der Waals surface area (Å²) in [6, 6.07) is 3.72. The third-order valence-electron chi connectivity index (χ3n) is 5.48. The van der Waals surface area contributed by atoms with Gasteiger partial charge in [-0.3, -0.25) is 14.5 Å². The van der Waals surface area contributed by atoms with Gasteiger partial charge in [0.05, 0.1) is 11.1 Å². The lowest BCUT2D eigenvalue weighted by molar-refractivity contribution is -0.123. The van der Waals surface area contributed by atoms with Crippen molar-refractivity contribution in [3.63, 3.8) is 0 Å². The highest BCUT2D eigenvalue weighted by Crippen LogP contribution is 2.26. The quantitative estimate of drug-likeness (QED) is 0.882. The highest BCUT2D eigenvalue weighted by atomic mass is 35.5. The van der Waals surface area contributed by atoms with Crippen molar-refractivity contribution in [2.45, 2.75) is 37.8 Å². The summed E-state index contributed by atoms with van der Waals surface area (Å²) in [4.78, 5) is 32.9. The molecule has 2 aromatic heterocycles. The number of carbonyl (C=O) groups excluding carboxylic acids is 2. The predicted molar refractivity (Wildman–Crippen MR) is 98.0 cm³/mol. The summed E-state index contributed by atoms with van der Waals surface area (Å²) in [7, 11) is 0. The first-order chi connectivity index (χ1) is 12.5. The molecule has 4 heterocycles. The molecule has 0 bridgehead atoms. The van der Waals surface area contributed by atoms with E-state index in [2.05, 4.69) is 9.88 Å². The summed E-state index contributed by atoms with van der Waals surface area (Å²) in [6.07, 6.45) is 7.03. The van der Waals surface area contributed by atoms with Crippen LogP contribution < -0.4 is 5.73 Å². The predicted octanol–water partition coefficient (Wildman–Crippen LogP) is 1.54. The van der Waals surface area contributed by atoms with Gasteiger partial charge in [-0.15, -0.1) is 0 Å². The van der Waals surface area contributed by atoms with E-state index in [0.717, 1.165) is 32.2 Å². The number of rotatable bonds is 3. The van der Waals surface area contributed by atoms with E-state index in [1.807, 2.05) is 4.90 Å². The SMILES string of the molecule is NC(=O)[C@@H]1CCCN1C1CCN(C(=O)c2cn3cc(Cl)ccc3n2)CC1. The maximum absolute atomic E-state index is 12.8. The Bertz CT molecular complexity index is 843. The summed E-state index contributed by atoms with van der Waals surface area (Å²) in [5.41, 5.74) is 6.66. The largest absolute Gasteiger partial charge is 0.368 e. The second-order valence-corrected chi connectivity index (χ2v) is 7.50. The lowest BCUT2D eigenvalue weighted by Crippen LogP contribution is -2.51. The van der Waals surface area contributed by atoms with Crippen molar-refractivity contribution in [1.82, 2.24) is 19.2 Å². The molecule has 0 saturated carbocycles. The Labute approximate surface area is 156 Å². The van der Waals surface area contributed by atoms with Crippen molar-refractivity contribution < 1.29 is 9.59 Å². The van der Waals surface area contributed by atoms with Gasteiger partial charge in [0.2, 0.25) is 5.91 Å². The molecular formula is C18H22ClN5O2. The number of imidazole rings is 1. The summed E-state index contributed by atoms with van der Waals surface area (Å²) >= 11 is 5.99. The van der Waals surface area contributed by atoms with Crippen LogP contribution in [0, 0.1) is 0 Å². The molecule has 2 N–H and O–H groups in total. The lowest BCUT2D eigenvalue weighted by Gasteiger charge is -2.38. The summed E-state index contributed by atoms with van der Waals surface area (Å²) in [5.74, 6) is -0.291. The number of nitrogens with two attached hydrogens (primary N) is 1. The maximum Gasteiger partial charge on any atom is 0.274 e. The van der Waals surface area contributed by atoms with Crippen molar-refractivity contribution >= 4 is 29.1 Å². The van der Waals surface area contributed by atoms with Crippen LogP contribution >= 0.6 is 11.6 Å². The van der Waals surface area contributed by atoms with Gasteiger partial charge in [0.25, 0.3) is 5.91 Å². The highest BCUT2D eigenvalue weighted by Gasteiger charge is 2.36. The fourth-order valence-corrected chi connectivity index (χ4v) is 4.33. The van der Waals surface area contributed by atoms with Crippen molar-refractivity contribution in [3.05, 3.63) is 35.2 Å². The molecule has 2 aromatic rings. The van der Waals surface area contributed by atoms with Gasteiger partial charge in [0.15, 0.2) is 0 Å². The number of piperidine rings is 1. The zero-order valence-electron chi connectivity index (χ0n) is 14.5. The molecule has 2 saturated heterocycles. The molecule has 8 heteroatoms. The molecule has 0 unspecified atom stereocenters. The van der Waals surface area contributed by atoms with E-state index in [0.29, 0.717) is 35.5 Å². The first kappa shape index (κ1) is 17.3. The van der Waals surface area contributed by atoms with E-state index >= 15 is 0 Å². The average Bonchev–Trinajstić information content (AvgIpc) is 3.28. The monoisotopic (exact) mass is 375 g/mol. The van der Waals surface area contributed by atoms with Crippen molar-refractivity contribution in [3.8, 4) is 0 Å². The molecule has 2 aliphatic rings. The summed E-state index contributed by atoms with van der Waals surface area (Å²) < 4.78 is 1.77. The fraction of sp³-hybridized carbons (Fsp3) is 0.500. The van der Waals surface area contributed by atoms with Crippen LogP contribution in [0.15, 0.2) is 24.5 Å². The van der Waals surface area contributed by atoms with Crippen molar-refractivity contribution in [1.29, 1.82) is 0 Å². The minimum atomic E-state index is -0.232. The molecule has 1 atom stereocenters. The standard InChI is InChI=1S/C18H22ClN5O2/c19-12-3-4-16-21-14(11-23(16)10-12)18(26)22-8-5-13(6-9-22)24-7-1-2-15(24)17(20)25/h3-4,10-11,13,15H,1-2,5-9H2,(H2,20,25)/t15-/m0/s1. The third kappa shape index (κ3) is 3.17. The maximum atomic E-state index is 12.8. The zero-order chi connectivity index (χ0) is 18.3. The Morgan fingerprint density at radius 2 is 1.88 bits per heavy atom. The fourth-order valence-electron chi connectivity index (χ4n) is 4.16. The summed E-state index contributed by atoms with van der Waals surface area (Å²) in [6.45, 7) is 2.25. The van der Waals surface area contributed by atoms with Gasteiger partial charge in [-0.25, -0.2) is 4.98 Å². The van der Waals surface area contributed by atoms with Gasteiger partial charge in [-0.05, 0) is 44.4 Å². The van der Waals surface area contributed by atoms with E-state index in [1.165, 1.54) is 0 Å². The topological polar surface area (TPSA) is 83.9 Å². The number of likely N-dealkylation sites (tertiary alicyclic amines) is 2. The first-order valence-corrected chi connectivity index (χ1v) is 9.39. The van der Waals surface area contributed by atoms with Crippen LogP contribution in [0.4, 0.5) is 0 Å². The number of aromatic nitrogens is 2. The molecule has 0 spiro atoms. The second kappa shape index (κ2) is 6.89. The van der Waals surface area contributed by atoms with Crippen LogP contribution in [0.25, 0.3) is 5.65 Å². The molecule has 2 amide bonds. The molecule has 26 heavy (non-hydrogen) atoms.